The molecule has 0 aliphatic heterocycles. The largest absolute Gasteiger partial charge is 0.369 e. The molecule has 0 atom stereocenters. The van der Waals surface area contributed by atoms with Crippen LogP contribution in [0.1, 0.15) is 49.4 Å². The Morgan fingerprint density at radius 3 is 2.81 bits per heavy atom. The molecule has 21 heavy (non-hydrogen) atoms. The lowest BCUT2D eigenvalue weighted by molar-refractivity contribution is -0.385. The normalized spacial score (nSPS) is 14.9. The van der Waals surface area contributed by atoms with Gasteiger partial charge in [0.05, 0.1) is 10.5 Å². The highest BCUT2D eigenvalue weighted by Gasteiger charge is 2.22. The summed E-state index contributed by atoms with van der Waals surface area (Å²) in [6, 6.07) is 1.45. The molecule has 0 bridgehead atoms. The van der Waals surface area contributed by atoms with E-state index in [1.807, 2.05) is 6.92 Å². The zero-order valence-corrected chi connectivity index (χ0v) is 12.1. The maximum atomic E-state index is 12.3. The molecule has 1 saturated carbocycles. The van der Waals surface area contributed by atoms with Crippen molar-refractivity contribution in [2.45, 2.75) is 45.1 Å². The first-order valence-electron chi connectivity index (χ1n) is 7.31. The maximum Gasteiger partial charge on any atom is 0.288 e. The van der Waals surface area contributed by atoms with Crippen LogP contribution < -0.4 is 10.6 Å². The summed E-state index contributed by atoms with van der Waals surface area (Å²) in [7, 11) is 0. The van der Waals surface area contributed by atoms with E-state index in [1.165, 1.54) is 12.3 Å². The zero-order valence-electron chi connectivity index (χ0n) is 12.1. The summed E-state index contributed by atoms with van der Waals surface area (Å²) in [4.78, 5) is 26.7. The molecule has 1 aromatic rings. The minimum Gasteiger partial charge on any atom is -0.369 e. The Balaban J connectivity index is 2.21. The number of aromatic nitrogens is 1. The molecule has 0 unspecified atom stereocenters. The summed E-state index contributed by atoms with van der Waals surface area (Å²) in [5.41, 5.74) is 0.0678. The Morgan fingerprint density at radius 2 is 2.19 bits per heavy atom. The number of hydrogen-bond acceptors (Lipinski definition) is 5. The minimum atomic E-state index is -0.539. The molecule has 0 spiro atoms. The molecule has 1 aromatic heterocycles. The lowest BCUT2D eigenvalue weighted by Gasteiger charge is -2.14. The molecule has 2 rings (SSSR count). The molecule has 114 valence electrons. The van der Waals surface area contributed by atoms with Gasteiger partial charge in [-0.15, -0.1) is 0 Å². The Labute approximate surface area is 123 Å². The highest BCUT2D eigenvalue weighted by molar-refractivity contribution is 5.99. The van der Waals surface area contributed by atoms with Crippen molar-refractivity contribution in [1.82, 2.24) is 10.3 Å². The van der Waals surface area contributed by atoms with Crippen LogP contribution in [0.25, 0.3) is 0 Å². The summed E-state index contributed by atoms with van der Waals surface area (Å²) in [6.45, 7) is 2.66. The lowest BCUT2D eigenvalue weighted by atomic mass is 10.2. The molecular weight excluding hydrogens is 272 g/mol. The van der Waals surface area contributed by atoms with Crippen LogP contribution in [0.15, 0.2) is 12.3 Å². The number of rotatable bonds is 6. The van der Waals surface area contributed by atoms with E-state index in [2.05, 4.69) is 15.6 Å². The Hall–Kier alpha value is -2.18. The Morgan fingerprint density at radius 1 is 1.48 bits per heavy atom. The average molecular weight is 292 g/mol. The first kappa shape index (κ1) is 15.2. The van der Waals surface area contributed by atoms with Gasteiger partial charge in [0, 0.05) is 18.7 Å². The van der Waals surface area contributed by atoms with Crippen LogP contribution in [0, 0.1) is 10.1 Å². The van der Waals surface area contributed by atoms with Gasteiger partial charge in [0.25, 0.3) is 11.6 Å². The molecule has 0 radical (unpaired) electrons. The van der Waals surface area contributed by atoms with E-state index in [0.717, 1.165) is 32.1 Å². The number of carbonyl (C=O) groups excluding carboxylic acids is 1. The quantitative estimate of drug-likeness (QED) is 0.620. The highest BCUT2D eigenvalue weighted by atomic mass is 16.6. The van der Waals surface area contributed by atoms with E-state index in [4.69, 9.17) is 0 Å². The summed E-state index contributed by atoms with van der Waals surface area (Å²) >= 11 is 0. The highest BCUT2D eigenvalue weighted by Crippen LogP contribution is 2.22. The Kier molecular flexibility index (Phi) is 5.08. The maximum absolute atomic E-state index is 12.3. The second-order valence-corrected chi connectivity index (χ2v) is 5.23. The molecule has 1 amide bonds. The van der Waals surface area contributed by atoms with Gasteiger partial charge in [-0.1, -0.05) is 19.8 Å². The fourth-order valence-corrected chi connectivity index (χ4v) is 2.44. The molecule has 1 aliphatic carbocycles. The molecule has 0 aromatic carbocycles. The van der Waals surface area contributed by atoms with Crippen molar-refractivity contribution in [2.75, 3.05) is 11.9 Å². The van der Waals surface area contributed by atoms with Crippen LogP contribution in [-0.2, 0) is 0 Å². The van der Waals surface area contributed by atoms with Crippen LogP contribution in [-0.4, -0.2) is 28.4 Å². The molecular formula is C14H20N4O3. The van der Waals surface area contributed by atoms with Gasteiger partial charge in [0.15, 0.2) is 0 Å². The second-order valence-electron chi connectivity index (χ2n) is 5.23. The summed E-state index contributed by atoms with van der Waals surface area (Å²) in [5.74, 6) is 0.106. The first-order chi connectivity index (χ1) is 10.1. The van der Waals surface area contributed by atoms with E-state index in [0.29, 0.717) is 12.4 Å². The number of amides is 1. The van der Waals surface area contributed by atoms with Gasteiger partial charge in [-0.2, -0.15) is 0 Å². The summed E-state index contributed by atoms with van der Waals surface area (Å²) in [5, 5.41) is 16.8. The fraction of sp³-hybridized carbons (Fsp3) is 0.571. The molecule has 1 aliphatic rings. The molecule has 2 N–H and O–H groups in total. The molecule has 1 heterocycles. The third-order valence-corrected chi connectivity index (χ3v) is 3.56. The average Bonchev–Trinajstić information content (AvgIpc) is 2.97. The van der Waals surface area contributed by atoms with Crippen LogP contribution in [0.5, 0.6) is 0 Å². The van der Waals surface area contributed by atoms with Crippen molar-refractivity contribution >= 4 is 17.4 Å². The molecule has 1 fully saturated rings. The SMILES string of the molecule is CCCNc1ncc([N+](=O)[O-])cc1C(=O)NC1CCCC1. The molecule has 7 nitrogen and oxygen atoms in total. The lowest BCUT2D eigenvalue weighted by Crippen LogP contribution is -2.33. The minimum absolute atomic E-state index is 0.163. The van der Waals surface area contributed by atoms with Crippen LogP contribution in [0.2, 0.25) is 0 Å². The number of carbonyl (C=O) groups is 1. The van der Waals surface area contributed by atoms with Gasteiger partial charge in [-0.3, -0.25) is 14.9 Å². The van der Waals surface area contributed by atoms with Gasteiger partial charge in [0.2, 0.25) is 0 Å². The third kappa shape index (κ3) is 3.90. The number of pyridine rings is 1. The number of nitrogens with zero attached hydrogens (tertiary/aromatic N) is 2. The third-order valence-electron chi connectivity index (χ3n) is 3.56. The van der Waals surface area contributed by atoms with E-state index in [-0.39, 0.29) is 23.2 Å². The van der Waals surface area contributed by atoms with Gasteiger partial charge in [-0.25, -0.2) is 4.98 Å². The van der Waals surface area contributed by atoms with Gasteiger partial charge in [-0.05, 0) is 19.3 Å². The van der Waals surface area contributed by atoms with Crippen molar-refractivity contribution in [3.05, 3.63) is 27.9 Å². The number of anilines is 1. The molecule has 7 heteroatoms. The van der Waals surface area contributed by atoms with Crippen LogP contribution in [0.4, 0.5) is 11.5 Å². The standard InChI is InChI=1S/C14H20N4O3/c1-2-7-15-13-12(8-11(9-16-13)18(20)21)14(19)17-10-5-3-4-6-10/h8-10H,2-7H2,1H3,(H,15,16)(H,17,19). The second kappa shape index (κ2) is 7.01. The van der Waals surface area contributed by atoms with Crippen molar-refractivity contribution in [2.24, 2.45) is 0 Å². The van der Waals surface area contributed by atoms with Crippen molar-refractivity contribution in [1.29, 1.82) is 0 Å². The van der Waals surface area contributed by atoms with Crippen molar-refractivity contribution in [3.63, 3.8) is 0 Å². The van der Waals surface area contributed by atoms with E-state index in [1.54, 1.807) is 0 Å². The predicted molar refractivity (Wildman–Crippen MR) is 79.4 cm³/mol. The monoisotopic (exact) mass is 292 g/mol. The van der Waals surface area contributed by atoms with Crippen LogP contribution in [0.3, 0.4) is 0 Å². The van der Waals surface area contributed by atoms with E-state index >= 15 is 0 Å². The van der Waals surface area contributed by atoms with Gasteiger partial charge in [0.1, 0.15) is 12.0 Å². The molecule has 0 saturated heterocycles. The smallest absolute Gasteiger partial charge is 0.288 e. The summed E-state index contributed by atoms with van der Waals surface area (Å²) < 4.78 is 0. The van der Waals surface area contributed by atoms with Crippen molar-refractivity contribution in [3.8, 4) is 0 Å². The van der Waals surface area contributed by atoms with E-state index in [9.17, 15) is 14.9 Å². The van der Waals surface area contributed by atoms with Crippen molar-refractivity contribution < 1.29 is 9.72 Å². The zero-order chi connectivity index (χ0) is 15.2. The number of hydrogen-bond donors (Lipinski definition) is 2. The van der Waals surface area contributed by atoms with Gasteiger partial charge >= 0.3 is 0 Å². The predicted octanol–water partition coefficient (Wildman–Crippen LogP) is 2.48. The van der Waals surface area contributed by atoms with E-state index < -0.39 is 4.92 Å². The summed E-state index contributed by atoms with van der Waals surface area (Å²) in [6.07, 6.45) is 6.20. The fourth-order valence-electron chi connectivity index (χ4n) is 2.44. The topological polar surface area (TPSA) is 97.2 Å². The first-order valence-corrected chi connectivity index (χ1v) is 7.31. The Bertz CT molecular complexity index is 527. The van der Waals surface area contributed by atoms with Crippen LogP contribution >= 0.6 is 0 Å². The van der Waals surface area contributed by atoms with Gasteiger partial charge < -0.3 is 10.6 Å². The number of nitrogens with one attached hydrogen (secondary N) is 2. The number of nitro groups is 1.